The molecule has 0 fully saturated rings. The number of thioether (sulfide) groups is 1. The normalized spacial score (nSPS) is 11.6. The fourth-order valence-corrected chi connectivity index (χ4v) is 5.83. The first-order chi connectivity index (χ1) is 13.7. The van der Waals surface area contributed by atoms with Gasteiger partial charge in [0.15, 0.2) is 0 Å². The van der Waals surface area contributed by atoms with Gasteiger partial charge in [-0.2, -0.15) is 5.26 Å². The molecule has 28 heavy (non-hydrogen) atoms. The highest BCUT2D eigenvalue weighted by Gasteiger charge is 2.36. The molecule has 0 saturated carbocycles. The van der Waals surface area contributed by atoms with E-state index in [4.69, 9.17) is 18.5 Å². The predicted octanol–water partition coefficient (Wildman–Crippen LogP) is 7.32. The first-order valence-corrected chi connectivity index (χ1v) is 14.3. The highest BCUT2D eigenvalue weighted by Crippen LogP contribution is 2.19. The lowest BCUT2D eigenvalue weighted by Crippen LogP contribution is -2.42. The van der Waals surface area contributed by atoms with Crippen LogP contribution in [0, 0.1) is 10.7 Å². The van der Waals surface area contributed by atoms with Gasteiger partial charge in [0.1, 0.15) is 5.40 Å². The second-order valence-corrected chi connectivity index (χ2v) is 11.6. The van der Waals surface area contributed by atoms with Crippen LogP contribution < -0.4 is 0 Å². The molecule has 0 N–H and O–H groups in total. The Kier molecular flexibility index (Phi) is 21.6. The number of hydrogen-bond acceptors (Lipinski definition) is 5. The summed E-state index contributed by atoms with van der Waals surface area (Å²) >= 11 is 1.39. The summed E-state index contributed by atoms with van der Waals surface area (Å²) in [6.45, 7) is 0. The van der Waals surface area contributed by atoms with E-state index in [-0.39, 0.29) is 0 Å². The maximum absolute atomic E-state index is 8.45. The zero-order valence-corrected chi connectivity index (χ0v) is 20.6. The Hall–Kier alpha value is -0.0631. The van der Waals surface area contributed by atoms with Crippen molar-refractivity contribution in [2.24, 2.45) is 0 Å². The summed E-state index contributed by atoms with van der Waals surface area (Å²) in [7, 11) is 2.74. The Morgan fingerprint density at radius 2 is 0.893 bits per heavy atom. The molecule has 0 unspecified atom stereocenters. The maximum atomic E-state index is 8.45. The molecule has 0 spiro atoms. The molecule has 0 heterocycles. The second-order valence-electron chi connectivity index (χ2n) is 7.64. The van der Waals surface area contributed by atoms with Crippen LogP contribution in [-0.2, 0) is 13.3 Å². The Morgan fingerprint density at radius 1 is 0.571 bits per heavy atom. The quantitative estimate of drug-likeness (QED) is 0.102. The van der Waals surface area contributed by atoms with Gasteiger partial charge in [0.05, 0.1) is 0 Å². The van der Waals surface area contributed by atoms with E-state index in [9.17, 15) is 0 Å². The smallest absolute Gasteiger partial charge is 0.377 e. The number of hydrogen-bond donors (Lipinski definition) is 0. The zero-order valence-electron chi connectivity index (χ0n) is 18.8. The van der Waals surface area contributed by atoms with Crippen molar-refractivity contribution in [1.29, 1.82) is 5.26 Å². The van der Waals surface area contributed by atoms with E-state index < -0.39 is 8.80 Å². The summed E-state index contributed by atoms with van der Waals surface area (Å²) in [5.74, 6) is 1.01. The average Bonchev–Trinajstić information content (AvgIpc) is 2.73. The van der Waals surface area contributed by atoms with Crippen molar-refractivity contribution < 1.29 is 13.3 Å². The SMILES string of the molecule is CO[Si](CCCCCCCCCCCCCCCCCCSC#N)(OC)OC. The summed E-state index contributed by atoms with van der Waals surface area (Å²) in [6.07, 6.45) is 21.5. The van der Waals surface area contributed by atoms with Crippen molar-refractivity contribution in [1.82, 2.24) is 0 Å². The van der Waals surface area contributed by atoms with Crippen LogP contribution in [-0.4, -0.2) is 35.9 Å². The molecule has 0 aliphatic heterocycles. The molecular formula is C22H45NO3SSi. The van der Waals surface area contributed by atoms with Gasteiger partial charge in [0.2, 0.25) is 0 Å². The molecule has 166 valence electrons. The van der Waals surface area contributed by atoms with Crippen molar-refractivity contribution in [3.63, 3.8) is 0 Å². The standard InChI is InChI=1S/C22H45NO3SSi/c1-24-28(25-2,26-3)21-19-17-15-13-11-9-7-5-4-6-8-10-12-14-16-18-20-27-22-23/h4-21H2,1-3H3. The average molecular weight is 432 g/mol. The largest absolute Gasteiger partial charge is 0.500 e. The van der Waals surface area contributed by atoms with Crippen LogP contribution in [0.15, 0.2) is 0 Å². The van der Waals surface area contributed by atoms with E-state index in [0.717, 1.165) is 18.2 Å². The lowest BCUT2D eigenvalue weighted by molar-refractivity contribution is 0.122. The van der Waals surface area contributed by atoms with Gasteiger partial charge in [0, 0.05) is 33.1 Å². The Bertz CT molecular complexity index is 354. The molecule has 0 bridgehead atoms. The van der Waals surface area contributed by atoms with Gasteiger partial charge in [-0.15, -0.1) is 0 Å². The van der Waals surface area contributed by atoms with E-state index in [0.29, 0.717) is 0 Å². The van der Waals surface area contributed by atoms with E-state index in [1.165, 1.54) is 108 Å². The third kappa shape index (κ3) is 16.9. The van der Waals surface area contributed by atoms with Crippen LogP contribution in [0.3, 0.4) is 0 Å². The van der Waals surface area contributed by atoms with Crippen molar-refractivity contribution in [2.45, 2.75) is 109 Å². The van der Waals surface area contributed by atoms with Crippen molar-refractivity contribution in [3.05, 3.63) is 0 Å². The Labute approximate surface area is 180 Å². The van der Waals surface area contributed by atoms with Gasteiger partial charge in [-0.05, 0) is 24.6 Å². The molecule has 0 aromatic carbocycles. The van der Waals surface area contributed by atoms with Crippen molar-refractivity contribution in [2.75, 3.05) is 27.1 Å². The Morgan fingerprint density at radius 3 is 1.21 bits per heavy atom. The van der Waals surface area contributed by atoms with Crippen LogP contribution in [0.5, 0.6) is 0 Å². The summed E-state index contributed by atoms with van der Waals surface area (Å²) < 4.78 is 16.4. The van der Waals surface area contributed by atoms with E-state index in [1.807, 2.05) is 0 Å². The third-order valence-electron chi connectivity index (χ3n) is 5.48. The monoisotopic (exact) mass is 431 g/mol. The number of rotatable bonds is 22. The van der Waals surface area contributed by atoms with Gasteiger partial charge in [-0.1, -0.05) is 89.9 Å². The van der Waals surface area contributed by atoms with E-state index in [2.05, 4.69) is 5.40 Å². The van der Waals surface area contributed by atoms with Gasteiger partial charge in [-0.25, -0.2) is 0 Å². The predicted molar refractivity (Wildman–Crippen MR) is 124 cm³/mol. The lowest BCUT2D eigenvalue weighted by atomic mass is 10.0. The van der Waals surface area contributed by atoms with Crippen LogP contribution in [0.25, 0.3) is 0 Å². The molecule has 0 saturated heterocycles. The molecule has 0 rings (SSSR count). The minimum atomic E-state index is -2.34. The number of thiocyanates is 1. The van der Waals surface area contributed by atoms with E-state index >= 15 is 0 Å². The number of nitrogens with zero attached hydrogens (tertiary/aromatic N) is 1. The molecule has 4 nitrogen and oxygen atoms in total. The second kappa shape index (κ2) is 21.6. The molecule has 6 heteroatoms. The summed E-state index contributed by atoms with van der Waals surface area (Å²) in [5, 5.41) is 10.6. The van der Waals surface area contributed by atoms with Gasteiger partial charge >= 0.3 is 8.80 Å². The van der Waals surface area contributed by atoms with Crippen LogP contribution in [0.1, 0.15) is 103 Å². The molecule has 0 amide bonds. The first kappa shape index (κ1) is 27.9. The molecule has 0 aromatic rings. The van der Waals surface area contributed by atoms with Crippen LogP contribution in [0.2, 0.25) is 6.04 Å². The van der Waals surface area contributed by atoms with Crippen molar-refractivity contribution >= 4 is 20.6 Å². The van der Waals surface area contributed by atoms with Gasteiger partial charge in [-0.3, -0.25) is 0 Å². The van der Waals surface area contributed by atoms with Gasteiger partial charge in [0.25, 0.3) is 0 Å². The summed E-state index contributed by atoms with van der Waals surface area (Å²) in [4.78, 5) is 0. The maximum Gasteiger partial charge on any atom is 0.500 e. The summed E-state index contributed by atoms with van der Waals surface area (Å²) in [6, 6.07) is 0.927. The number of unbranched alkanes of at least 4 members (excludes halogenated alkanes) is 15. The molecule has 0 radical (unpaired) electrons. The van der Waals surface area contributed by atoms with E-state index in [1.54, 1.807) is 21.3 Å². The molecule has 0 aliphatic rings. The third-order valence-corrected chi connectivity index (χ3v) is 8.93. The first-order valence-electron chi connectivity index (χ1n) is 11.4. The van der Waals surface area contributed by atoms with Crippen molar-refractivity contribution in [3.8, 4) is 5.40 Å². The fraction of sp³-hybridized carbons (Fsp3) is 0.955. The van der Waals surface area contributed by atoms with Crippen LogP contribution in [0.4, 0.5) is 0 Å². The Balaban J connectivity index is 3.19. The molecule has 0 atom stereocenters. The zero-order chi connectivity index (χ0) is 20.8. The highest BCUT2D eigenvalue weighted by molar-refractivity contribution is 8.03. The molecule has 0 aromatic heterocycles. The molecular weight excluding hydrogens is 386 g/mol. The van der Waals surface area contributed by atoms with Gasteiger partial charge < -0.3 is 13.3 Å². The molecule has 0 aliphatic carbocycles. The fourth-order valence-electron chi connectivity index (χ4n) is 3.59. The highest BCUT2D eigenvalue weighted by atomic mass is 32.2. The minimum Gasteiger partial charge on any atom is -0.377 e. The summed E-state index contributed by atoms with van der Waals surface area (Å²) in [5.41, 5.74) is 0. The minimum absolute atomic E-state index is 0.927. The number of nitriles is 1. The topological polar surface area (TPSA) is 51.5 Å². The lowest BCUT2D eigenvalue weighted by Gasteiger charge is -2.24. The van der Waals surface area contributed by atoms with Crippen LogP contribution >= 0.6 is 11.8 Å².